The highest BCUT2D eigenvalue weighted by Gasteiger charge is 2.34. The van der Waals surface area contributed by atoms with Crippen LogP contribution in [0.1, 0.15) is 29.6 Å². The van der Waals surface area contributed by atoms with Crippen molar-refractivity contribution in [2.45, 2.75) is 31.3 Å². The maximum atomic E-state index is 12.0. The third-order valence-corrected chi connectivity index (χ3v) is 3.66. The Morgan fingerprint density at radius 1 is 1.33 bits per heavy atom. The van der Waals surface area contributed by atoms with E-state index in [4.69, 9.17) is 0 Å². The van der Waals surface area contributed by atoms with E-state index in [1.165, 1.54) is 25.1 Å². The van der Waals surface area contributed by atoms with Gasteiger partial charge in [0, 0.05) is 37.4 Å². The molecule has 1 aromatic rings. The molecule has 0 radical (unpaired) electrons. The molecule has 2 heterocycles. The highest BCUT2D eigenvalue weighted by molar-refractivity contribution is 5.94. The number of carbonyl (C=O) groups is 1. The summed E-state index contributed by atoms with van der Waals surface area (Å²) < 4.78 is 0. The van der Waals surface area contributed by atoms with Gasteiger partial charge in [-0.15, -0.1) is 0 Å². The van der Waals surface area contributed by atoms with Crippen LogP contribution in [0.15, 0.2) is 23.1 Å². The molecule has 5 nitrogen and oxygen atoms in total. The number of H-pyrrole nitrogens is 1. The fourth-order valence-corrected chi connectivity index (χ4v) is 2.50. The lowest BCUT2D eigenvalue weighted by atomic mass is 10.2. The molecule has 18 heavy (non-hydrogen) atoms. The maximum Gasteiger partial charge on any atom is 0.253 e. The van der Waals surface area contributed by atoms with Crippen LogP contribution in [0.4, 0.5) is 0 Å². The molecule has 1 unspecified atom stereocenters. The Balaban J connectivity index is 1.57. The Hall–Kier alpha value is -1.62. The normalized spacial score (nSPS) is 24.1. The summed E-state index contributed by atoms with van der Waals surface area (Å²) in [6.07, 6.45) is 5.10. The second kappa shape index (κ2) is 4.57. The SMILES string of the molecule is O=C(NC1CCN(C2CC2)C1)c1ccc(=O)[nH]c1. The lowest BCUT2D eigenvalue weighted by Crippen LogP contribution is -2.37. The van der Waals surface area contributed by atoms with Crippen LogP contribution in [-0.2, 0) is 0 Å². The molecule has 2 aliphatic rings. The lowest BCUT2D eigenvalue weighted by Gasteiger charge is -2.15. The van der Waals surface area contributed by atoms with Crippen molar-refractivity contribution >= 4 is 5.91 Å². The summed E-state index contributed by atoms with van der Waals surface area (Å²) in [7, 11) is 0. The number of pyridine rings is 1. The van der Waals surface area contributed by atoms with Crippen LogP contribution in [-0.4, -0.2) is 41.0 Å². The van der Waals surface area contributed by atoms with Gasteiger partial charge in [-0.1, -0.05) is 0 Å². The number of hydrogen-bond acceptors (Lipinski definition) is 3. The summed E-state index contributed by atoms with van der Waals surface area (Å²) in [5.41, 5.74) is 0.326. The zero-order valence-corrected chi connectivity index (χ0v) is 10.2. The van der Waals surface area contributed by atoms with Crippen molar-refractivity contribution in [1.82, 2.24) is 15.2 Å². The van der Waals surface area contributed by atoms with Crippen molar-refractivity contribution in [2.24, 2.45) is 0 Å². The molecule has 1 saturated carbocycles. The minimum Gasteiger partial charge on any atom is -0.348 e. The first-order valence-corrected chi connectivity index (χ1v) is 6.46. The smallest absolute Gasteiger partial charge is 0.253 e. The van der Waals surface area contributed by atoms with Crippen LogP contribution in [0.5, 0.6) is 0 Å². The Morgan fingerprint density at radius 2 is 2.17 bits per heavy atom. The van der Waals surface area contributed by atoms with Crippen molar-refractivity contribution in [2.75, 3.05) is 13.1 Å². The molecule has 2 N–H and O–H groups in total. The molecule has 1 aliphatic carbocycles. The number of hydrogen-bond donors (Lipinski definition) is 2. The van der Waals surface area contributed by atoms with Gasteiger partial charge in [-0.05, 0) is 25.3 Å². The summed E-state index contributed by atoms with van der Waals surface area (Å²) in [5, 5.41) is 3.02. The molecule has 1 aromatic heterocycles. The number of nitrogens with zero attached hydrogens (tertiary/aromatic N) is 1. The van der Waals surface area contributed by atoms with Crippen LogP contribution >= 0.6 is 0 Å². The number of aromatic amines is 1. The molecule has 1 saturated heterocycles. The second-order valence-corrected chi connectivity index (χ2v) is 5.13. The zero-order chi connectivity index (χ0) is 12.5. The van der Waals surface area contributed by atoms with E-state index in [-0.39, 0.29) is 17.5 Å². The third kappa shape index (κ3) is 2.46. The summed E-state index contributed by atoms with van der Waals surface area (Å²) in [5.74, 6) is -0.103. The number of likely N-dealkylation sites (tertiary alicyclic amines) is 1. The fourth-order valence-electron chi connectivity index (χ4n) is 2.50. The van der Waals surface area contributed by atoms with Gasteiger partial charge >= 0.3 is 0 Å². The molecule has 0 spiro atoms. The third-order valence-electron chi connectivity index (χ3n) is 3.66. The van der Waals surface area contributed by atoms with E-state index in [1.807, 2.05) is 0 Å². The van der Waals surface area contributed by atoms with Gasteiger partial charge in [-0.25, -0.2) is 0 Å². The highest BCUT2D eigenvalue weighted by Crippen LogP contribution is 2.29. The van der Waals surface area contributed by atoms with Crippen LogP contribution in [0, 0.1) is 0 Å². The second-order valence-electron chi connectivity index (χ2n) is 5.13. The molecular formula is C13H17N3O2. The standard InChI is InChI=1S/C13H17N3O2/c17-12-4-1-9(7-14-12)13(18)15-10-5-6-16(8-10)11-2-3-11/h1,4,7,10-11H,2-3,5-6,8H2,(H,14,17)(H,15,18). The number of amides is 1. The molecule has 96 valence electrons. The monoisotopic (exact) mass is 247 g/mol. The maximum absolute atomic E-state index is 12.0. The first kappa shape index (κ1) is 11.5. The zero-order valence-electron chi connectivity index (χ0n) is 10.2. The summed E-state index contributed by atoms with van der Waals surface area (Å²) in [4.78, 5) is 27.8. The van der Waals surface area contributed by atoms with Gasteiger partial charge in [0.1, 0.15) is 0 Å². The predicted molar refractivity (Wildman–Crippen MR) is 67.5 cm³/mol. The minimum atomic E-state index is -0.188. The molecule has 3 rings (SSSR count). The average molecular weight is 247 g/mol. The van der Waals surface area contributed by atoms with Crippen LogP contribution in [0.2, 0.25) is 0 Å². The molecule has 2 fully saturated rings. The number of carbonyl (C=O) groups excluding carboxylic acids is 1. The van der Waals surface area contributed by atoms with Crippen molar-refractivity contribution in [1.29, 1.82) is 0 Å². The van der Waals surface area contributed by atoms with Gasteiger partial charge < -0.3 is 10.3 Å². The van der Waals surface area contributed by atoms with Crippen LogP contribution in [0.25, 0.3) is 0 Å². The highest BCUT2D eigenvalue weighted by atomic mass is 16.2. The largest absolute Gasteiger partial charge is 0.348 e. The predicted octanol–water partition coefficient (Wildman–Crippen LogP) is 0.341. The summed E-state index contributed by atoms with van der Waals surface area (Å²) in [6, 6.07) is 3.94. The first-order valence-electron chi connectivity index (χ1n) is 6.46. The van der Waals surface area contributed by atoms with Crippen molar-refractivity contribution in [3.63, 3.8) is 0 Å². The molecule has 5 heteroatoms. The van der Waals surface area contributed by atoms with Gasteiger partial charge in [0.05, 0.1) is 5.56 Å². The van der Waals surface area contributed by atoms with Crippen molar-refractivity contribution in [3.05, 3.63) is 34.2 Å². The van der Waals surface area contributed by atoms with E-state index in [0.29, 0.717) is 5.56 Å². The molecule has 1 amide bonds. The number of aromatic nitrogens is 1. The van der Waals surface area contributed by atoms with Gasteiger partial charge in [0.2, 0.25) is 5.56 Å². The number of nitrogens with one attached hydrogen (secondary N) is 2. The average Bonchev–Trinajstić information content (AvgIpc) is 3.11. The van der Waals surface area contributed by atoms with Gasteiger partial charge in [-0.2, -0.15) is 0 Å². The van der Waals surface area contributed by atoms with Crippen LogP contribution < -0.4 is 10.9 Å². The van der Waals surface area contributed by atoms with Crippen LogP contribution in [0.3, 0.4) is 0 Å². The minimum absolute atomic E-state index is 0.103. The topological polar surface area (TPSA) is 65.2 Å². The van der Waals surface area contributed by atoms with Gasteiger partial charge in [0.15, 0.2) is 0 Å². The Morgan fingerprint density at radius 3 is 2.83 bits per heavy atom. The van der Waals surface area contributed by atoms with E-state index in [1.54, 1.807) is 6.07 Å². The molecule has 0 aromatic carbocycles. The van der Waals surface area contributed by atoms with Gasteiger partial charge in [0.25, 0.3) is 5.91 Å². The Bertz CT molecular complexity index is 487. The first-order chi connectivity index (χ1) is 8.72. The quantitative estimate of drug-likeness (QED) is 0.809. The molecule has 1 atom stereocenters. The van der Waals surface area contributed by atoms with Gasteiger partial charge in [-0.3, -0.25) is 14.5 Å². The fraction of sp³-hybridized carbons (Fsp3) is 0.538. The van der Waals surface area contributed by atoms with E-state index < -0.39 is 0 Å². The van der Waals surface area contributed by atoms with Crippen molar-refractivity contribution in [3.8, 4) is 0 Å². The van der Waals surface area contributed by atoms with E-state index in [9.17, 15) is 9.59 Å². The van der Waals surface area contributed by atoms with E-state index in [0.717, 1.165) is 25.6 Å². The molecule has 1 aliphatic heterocycles. The lowest BCUT2D eigenvalue weighted by molar-refractivity contribution is 0.0937. The molecule has 0 bridgehead atoms. The summed E-state index contributed by atoms with van der Waals surface area (Å²) >= 11 is 0. The summed E-state index contributed by atoms with van der Waals surface area (Å²) in [6.45, 7) is 2.04. The Labute approximate surface area is 105 Å². The Kier molecular flexibility index (Phi) is 2.91. The number of rotatable bonds is 3. The van der Waals surface area contributed by atoms with Crippen molar-refractivity contribution < 1.29 is 4.79 Å². The molecular weight excluding hydrogens is 230 g/mol. The van der Waals surface area contributed by atoms with E-state index >= 15 is 0 Å². The van der Waals surface area contributed by atoms with E-state index in [2.05, 4.69) is 15.2 Å².